The van der Waals surface area contributed by atoms with Crippen LogP contribution in [-0.2, 0) is 4.74 Å². The fraction of sp³-hybridized carbons (Fsp3) is 0.418. The number of anilines is 4. The van der Waals surface area contributed by atoms with E-state index >= 15 is 0 Å². The van der Waals surface area contributed by atoms with Gasteiger partial charge in [0.15, 0.2) is 0 Å². The second-order valence-electron chi connectivity index (χ2n) is 21.4. The van der Waals surface area contributed by atoms with Crippen LogP contribution in [0, 0.1) is 21.7 Å². The van der Waals surface area contributed by atoms with E-state index in [1.54, 1.807) is 0 Å². The third-order valence-electron chi connectivity index (χ3n) is 11.6. The molecule has 4 aromatic carbocycles. The standard InChI is InChI=1S/C14H20N2.C14H19NO.C14H19N.C13H18N2/c1-10-9-15-13(14(2,3)4)11-7-5-6-8-12(11)16-10;1-10-9-16-13(14(2,3)4)11-7-5-6-8-12(11)15-10;1-10-9-12(14(2,3)4)11-7-5-6-8-13(11)15-10;1-9-14-11-8-6-5-7-10(11)12(15-9)13(2,3)4/h5-8,13,15-16H,1,9H2,2-4H3;5-8,13,15H,1,9H2,2-4H3;5-8,12,15H,1,9H2,2-4H3;5-8,12,14-15H,1H2,2-4H3. The van der Waals surface area contributed by atoms with Gasteiger partial charge >= 0.3 is 0 Å². The second-order valence-corrected chi connectivity index (χ2v) is 21.4. The van der Waals surface area contributed by atoms with Gasteiger partial charge in [0.2, 0.25) is 0 Å². The number of nitrogens with one attached hydrogen (secondary N) is 6. The third-order valence-corrected chi connectivity index (χ3v) is 11.6. The van der Waals surface area contributed by atoms with Gasteiger partial charge in [-0.1, -0.05) is 182 Å². The molecule has 0 saturated heterocycles. The predicted octanol–water partition coefficient (Wildman–Crippen LogP) is 14.4. The topological polar surface area (TPSA) is 81.4 Å². The number of rotatable bonds is 0. The van der Waals surface area contributed by atoms with E-state index in [9.17, 15) is 0 Å². The van der Waals surface area contributed by atoms with Crippen molar-refractivity contribution in [2.75, 3.05) is 34.4 Å². The number of para-hydroxylation sites is 4. The van der Waals surface area contributed by atoms with Crippen LogP contribution >= 0.6 is 0 Å². The second kappa shape index (κ2) is 19.4. The zero-order valence-corrected chi connectivity index (χ0v) is 39.9. The molecule has 4 aliphatic heterocycles. The van der Waals surface area contributed by atoms with Crippen LogP contribution in [0.1, 0.15) is 136 Å². The van der Waals surface area contributed by atoms with Gasteiger partial charge in [-0.25, -0.2) is 0 Å². The van der Waals surface area contributed by atoms with Gasteiger partial charge in [-0.15, -0.1) is 0 Å². The summed E-state index contributed by atoms with van der Waals surface area (Å²) in [5.74, 6) is 1.45. The van der Waals surface area contributed by atoms with Gasteiger partial charge in [0.1, 0.15) is 0 Å². The Kier molecular flexibility index (Phi) is 15.0. The minimum atomic E-state index is 0.0857. The van der Waals surface area contributed by atoms with Gasteiger partial charge in [0.25, 0.3) is 0 Å². The monoisotopic (exact) mass is 837 g/mol. The van der Waals surface area contributed by atoms with Crippen molar-refractivity contribution in [2.24, 2.45) is 21.7 Å². The Morgan fingerprint density at radius 2 is 0.871 bits per heavy atom. The Morgan fingerprint density at radius 1 is 0.452 bits per heavy atom. The minimum absolute atomic E-state index is 0.0857. The molecule has 0 amide bonds. The van der Waals surface area contributed by atoms with Gasteiger partial charge < -0.3 is 36.6 Å². The van der Waals surface area contributed by atoms with Gasteiger partial charge in [-0.05, 0) is 75.0 Å². The Hall–Kier alpha value is -5.24. The first-order valence-electron chi connectivity index (χ1n) is 22.2. The highest BCUT2D eigenvalue weighted by Crippen LogP contribution is 2.46. The normalized spacial score (nSPS) is 20.7. The van der Waals surface area contributed by atoms with Crippen LogP contribution in [0.15, 0.2) is 146 Å². The smallest absolute Gasteiger partial charge is 0.0962 e. The average molecular weight is 837 g/mol. The maximum absolute atomic E-state index is 5.94. The Morgan fingerprint density at radius 3 is 1.39 bits per heavy atom. The zero-order chi connectivity index (χ0) is 45.6. The van der Waals surface area contributed by atoms with E-state index in [1.807, 2.05) is 12.1 Å². The zero-order valence-electron chi connectivity index (χ0n) is 39.9. The SMILES string of the molecule is C=C1CC(C(C)(C)C)c2ccccc2N1.C=C1CNC(C(C)(C)C)c2ccccc2N1.C=C1COC(C(C)(C)C)c2ccccc2N1.C=C1Nc2ccccc2C(C(C)(C)C)N1. The molecule has 0 bridgehead atoms. The van der Waals surface area contributed by atoms with E-state index < -0.39 is 0 Å². The van der Waals surface area contributed by atoms with Crippen molar-refractivity contribution in [3.63, 3.8) is 0 Å². The number of hydrogen-bond acceptors (Lipinski definition) is 7. The summed E-state index contributed by atoms with van der Waals surface area (Å²) in [7, 11) is 0. The van der Waals surface area contributed by atoms with Crippen LogP contribution in [0.4, 0.5) is 22.7 Å². The lowest BCUT2D eigenvalue weighted by molar-refractivity contribution is -0.00524. The lowest BCUT2D eigenvalue weighted by Crippen LogP contribution is -2.37. The maximum Gasteiger partial charge on any atom is 0.0962 e. The van der Waals surface area contributed by atoms with Crippen LogP contribution in [0.5, 0.6) is 0 Å². The number of hydrogen-bond donors (Lipinski definition) is 6. The Bertz CT molecular complexity index is 2050. The van der Waals surface area contributed by atoms with Gasteiger partial charge in [0, 0.05) is 58.0 Å². The minimum Gasteiger partial charge on any atom is -0.367 e. The predicted molar refractivity (Wildman–Crippen MR) is 267 cm³/mol. The first-order valence-corrected chi connectivity index (χ1v) is 22.2. The average Bonchev–Trinajstić information content (AvgIpc) is 3.47. The highest BCUT2D eigenvalue weighted by molar-refractivity contribution is 5.61. The van der Waals surface area contributed by atoms with Gasteiger partial charge in [0.05, 0.1) is 24.6 Å². The Labute approximate surface area is 375 Å². The van der Waals surface area contributed by atoms with E-state index in [0.717, 1.165) is 41.6 Å². The summed E-state index contributed by atoms with van der Waals surface area (Å²) >= 11 is 0. The van der Waals surface area contributed by atoms with Crippen LogP contribution < -0.4 is 31.9 Å². The molecular weight excluding hydrogens is 761 g/mol. The molecule has 0 aliphatic carbocycles. The van der Waals surface area contributed by atoms with Crippen LogP contribution in [-0.4, -0.2) is 13.2 Å². The van der Waals surface area contributed by atoms with Crippen molar-refractivity contribution in [1.29, 1.82) is 0 Å². The molecule has 4 aliphatic rings. The van der Waals surface area contributed by atoms with Crippen molar-refractivity contribution in [3.8, 4) is 0 Å². The summed E-state index contributed by atoms with van der Waals surface area (Å²) in [4.78, 5) is 0. The largest absolute Gasteiger partial charge is 0.367 e. The molecule has 4 unspecified atom stereocenters. The first-order chi connectivity index (χ1) is 28.9. The summed E-state index contributed by atoms with van der Waals surface area (Å²) in [5.41, 5.74) is 13.8. The molecule has 0 fully saturated rings. The molecule has 4 aromatic rings. The van der Waals surface area contributed by atoms with E-state index in [1.165, 1.54) is 39.3 Å². The van der Waals surface area contributed by atoms with Crippen molar-refractivity contribution in [2.45, 2.75) is 114 Å². The van der Waals surface area contributed by atoms with E-state index in [4.69, 9.17) is 4.74 Å². The summed E-state index contributed by atoms with van der Waals surface area (Å²) in [6.07, 6.45) is 1.15. The molecule has 0 saturated carbocycles. The van der Waals surface area contributed by atoms with Gasteiger partial charge in [-0.2, -0.15) is 0 Å². The molecular formula is C55H76N6O. The molecule has 0 spiro atoms. The summed E-state index contributed by atoms with van der Waals surface area (Å²) in [5, 5.41) is 20.3. The fourth-order valence-corrected chi connectivity index (χ4v) is 8.54. The molecule has 0 aromatic heterocycles. The molecule has 62 heavy (non-hydrogen) atoms. The van der Waals surface area contributed by atoms with Crippen LogP contribution in [0.2, 0.25) is 0 Å². The number of ether oxygens (including phenoxy) is 1. The molecule has 7 heteroatoms. The summed E-state index contributed by atoms with van der Waals surface area (Å²) in [6.45, 7) is 44.3. The molecule has 6 N–H and O–H groups in total. The number of allylic oxidation sites excluding steroid dienone is 1. The molecule has 332 valence electrons. The van der Waals surface area contributed by atoms with Crippen molar-refractivity contribution in [3.05, 3.63) is 169 Å². The van der Waals surface area contributed by atoms with E-state index in [0.29, 0.717) is 30.0 Å². The van der Waals surface area contributed by atoms with E-state index in [2.05, 4.69) is 226 Å². The lowest BCUT2D eigenvalue weighted by Gasteiger charge is -2.38. The fourth-order valence-electron chi connectivity index (χ4n) is 8.54. The van der Waals surface area contributed by atoms with Gasteiger partial charge in [-0.3, -0.25) is 0 Å². The van der Waals surface area contributed by atoms with Crippen LogP contribution in [0.25, 0.3) is 0 Å². The molecule has 8 rings (SSSR count). The molecule has 0 radical (unpaired) electrons. The molecule has 4 atom stereocenters. The van der Waals surface area contributed by atoms with Crippen molar-refractivity contribution >= 4 is 22.7 Å². The third kappa shape index (κ3) is 12.4. The van der Waals surface area contributed by atoms with Crippen molar-refractivity contribution in [1.82, 2.24) is 10.6 Å². The Balaban J connectivity index is 0.000000156. The highest BCUT2D eigenvalue weighted by Gasteiger charge is 2.34. The first kappa shape index (κ1) is 47.8. The summed E-state index contributed by atoms with van der Waals surface area (Å²) in [6, 6.07) is 34.4. The molecule has 4 heterocycles. The summed E-state index contributed by atoms with van der Waals surface area (Å²) < 4.78 is 5.94. The quantitative estimate of drug-likeness (QED) is 0.105. The lowest BCUT2D eigenvalue weighted by atomic mass is 9.72. The van der Waals surface area contributed by atoms with Crippen molar-refractivity contribution < 1.29 is 4.74 Å². The maximum atomic E-state index is 5.94. The number of fused-ring (bicyclic) bond motifs is 4. The highest BCUT2D eigenvalue weighted by atomic mass is 16.5. The van der Waals surface area contributed by atoms with E-state index in [-0.39, 0.29) is 22.3 Å². The molecule has 7 nitrogen and oxygen atoms in total. The number of benzene rings is 4. The van der Waals surface area contributed by atoms with Crippen LogP contribution in [0.3, 0.4) is 0 Å².